The lowest BCUT2D eigenvalue weighted by molar-refractivity contribution is 0.415. The van der Waals surface area contributed by atoms with Crippen molar-refractivity contribution in [2.75, 3.05) is 7.11 Å². The van der Waals surface area contributed by atoms with E-state index < -0.39 is 0 Å². The SMILES string of the molecule is COc1cccc(-c2nc(C)c(C)nc2Cl)c1. The summed E-state index contributed by atoms with van der Waals surface area (Å²) in [4.78, 5) is 8.74. The van der Waals surface area contributed by atoms with Gasteiger partial charge in [-0.2, -0.15) is 0 Å². The zero-order valence-corrected chi connectivity index (χ0v) is 10.7. The molecule has 0 radical (unpaired) electrons. The Balaban J connectivity index is 2.56. The lowest BCUT2D eigenvalue weighted by atomic mass is 10.1. The summed E-state index contributed by atoms with van der Waals surface area (Å²) in [5.41, 5.74) is 3.33. The number of rotatable bonds is 2. The molecule has 0 aliphatic carbocycles. The summed E-state index contributed by atoms with van der Waals surface area (Å²) >= 11 is 6.12. The van der Waals surface area contributed by atoms with Crippen molar-refractivity contribution >= 4 is 11.6 Å². The zero-order chi connectivity index (χ0) is 12.4. The highest BCUT2D eigenvalue weighted by Gasteiger charge is 2.09. The first-order valence-corrected chi connectivity index (χ1v) is 5.65. The molecule has 1 aromatic heterocycles. The molecule has 0 unspecified atom stereocenters. The number of aryl methyl sites for hydroxylation is 2. The van der Waals surface area contributed by atoms with Gasteiger partial charge in [0.05, 0.1) is 18.5 Å². The largest absolute Gasteiger partial charge is 0.497 e. The average Bonchev–Trinajstić information content (AvgIpc) is 2.34. The van der Waals surface area contributed by atoms with Gasteiger partial charge < -0.3 is 4.74 Å². The lowest BCUT2D eigenvalue weighted by Crippen LogP contribution is -1.96. The predicted molar refractivity (Wildman–Crippen MR) is 68.5 cm³/mol. The van der Waals surface area contributed by atoms with E-state index in [0.29, 0.717) is 10.8 Å². The molecule has 0 N–H and O–H groups in total. The van der Waals surface area contributed by atoms with Gasteiger partial charge >= 0.3 is 0 Å². The van der Waals surface area contributed by atoms with Crippen LogP contribution in [0, 0.1) is 13.8 Å². The van der Waals surface area contributed by atoms with Crippen LogP contribution in [-0.2, 0) is 0 Å². The van der Waals surface area contributed by atoms with Crippen LogP contribution in [0.25, 0.3) is 11.3 Å². The normalized spacial score (nSPS) is 10.4. The van der Waals surface area contributed by atoms with Crippen LogP contribution in [0.4, 0.5) is 0 Å². The van der Waals surface area contributed by atoms with Gasteiger partial charge in [-0.25, -0.2) is 9.97 Å². The van der Waals surface area contributed by atoms with E-state index in [9.17, 15) is 0 Å². The molecule has 0 bridgehead atoms. The molecule has 0 amide bonds. The van der Waals surface area contributed by atoms with Crippen molar-refractivity contribution in [3.8, 4) is 17.0 Å². The fourth-order valence-corrected chi connectivity index (χ4v) is 1.81. The summed E-state index contributed by atoms with van der Waals surface area (Å²) in [6.45, 7) is 3.81. The van der Waals surface area contributed by atoms with E-state index >= 15 is 0 Å². The Morgan fingerprint density at radius 1 is 1.12 bits per heavy atom. The maximum absolute atomic E-state index is 6.12. The highest BCUT2D eigenvalue weighted by atomic mass is 35.5. The van der Waals surface area contributed by atoms with Crippen LogP contribution in [0.5, 0.6) is 5.75 Å². The number of nitrogens with zero attached hydrogens (tertiary/aromatic N) is 2. The molecular formula is C13H13ClN2O. The van der Waals surface area contributed by atoms with Crippen LogP contribution in [-0.4, -0.2) is 17.1 Å². The second kappa shape index (κ2) is 4.72. The molecular weight excluding hydrogens is 236 g/mol. The van der Waals surface area contributed by atoms with Crippen LogP contribution in [0.15, 0.2) is 24.3 Å². The standard InChI is InChI=1S/C13H13ClN2O/c1-8-9(2)16-13(14)12(15-8)10-5-4-6-11(7-10)17-3/h4-7H,1-3H3. The quantitative estimate of drug-likeness (QED) is 0.817. The van der Waals surface area contributed by atoms with E-state index in [1.54, 1.807) is 7.11 Å². The Hall–Kier alpha value is -1.61. The van der Waals surface area contributed by atoms with E-state index in [0.717, 1.165) is 22.7 Å². The minimum absolute atomic E-state index is 0.418. The molecule has 88 valence electrons. The molecule has 17 heavy (non-hydrogen) atoms. The third-order valence-corrected chi connectivity index (χ3v) is 2.87. The van der Waals surface area contributed by atoms with Crippen LogP contribution in [0.2, 0.25) is 5.15 Å². The predicted octanol–water partition coefficient (Wildman–Crippen LogP) is 3.42. The minimum Gasteiger partial charge on any atom is -0.497 e. The number of benzene rings is 1. The molecule has 0 aliphatic heterocycles. The molecule has 0 fully saturated rings. The van der Waals surface area contributed by atoms with Gasteiger partial charge in [-0.15, -0.1) is 0 Å². The Morgan fingerprint density at radius 3 is 2.53 bits per heavy atom. The number of ether oxygens (including phenoxy) is 1. The second-order valence-electron chi connectivity index (χ2n) is 3.77. The van der Waals surface area contributed by atoms with E-state index in [2.05, 4.69) is 9.97 Å². The first-order chi connectivity index (χ1) is 8.11. The lowest BCUT2D eigenvalue weighted by Gasteiger charge is -2.07. The van der Waals surface area contributed by atoms with Gasteiger partial charge in [0.2, 0.25) is 0 Å². The summed E-state index contributed by atoms with van der Waals surface area (Å²) in [6.07, 6.45) is 0. The molecule has 4 heteroatoms. The number of aromatic nitrogens is 2. The van der Waals surface area contributed by atoms with Gasteiger partial charge in [-0.1, -0.05) is 23.7 Å². The maximum atomic E-state index is 6.12. The van der Waals surface area contributed by atoms with Crippen LogP contribution in [0.1, 0.15) is 11.4 Å². The van der Waals surface area contributed by atoms with Crippen molar-refractivity contribution in [3.05, 3.63) is 40.8 Å². The topological polar surface area (TPSA) is 35.0 Å². The van der Waals surface area contributed by atoms with E-state index in [1.165, 1.54) is 0 Å². The molecule has 1 heterocycles. The van der Waals surface area contributed by atoms with Gasteiger partial charge in [-0.05, 0) is 26.0 Å². The number of hydrogen-bond donors (Lipinski definition) is 0. The van der Waals surface area contributed by atoms with Crippen molar-refractivity contribution < 1.29 is 4.74 Å². The summed E-state index contributed by atoms with van der Waals surface area (Å²) in [7, 11) is 1.63. The third-order valence-electron chi connectivity index (χ3n) is 2.61. The molecule has 0 atom stereocenters. The van der Waals surface area contributed by atoms with Gasteiger partial charge in [0.25, 0.3) is 0 Å². The second-order valence-corrected chi connectivity index (χ2v) is 4.12. The molecule has 0 saturated carbocycles. The summed E-state index contributed by atoms with van der Waals surface area (Å²) in [6, 6.07) is 7.62. The van der Waals surface area contributed by atoms with Crippen LogP contribution in [0.3, 0.4) is 0 Å². The van der Waals surface area contributed by atoms with Crippen LogP contribution >= 0.6 is 11.6 Å². The fourth-order valence-electron chi connectivity index (χ4n) is 1.53. The maximum Gasteiger partial charge on any atom is 0.155 e. The van der Waals surface area contributed by atoms with E-state index in [-0.39, 0.29) is 0 Å². The van der Waals surface area contributed by atoms with Gasteiger partial charge in [0, 0.05) is 5.56 Å². The minimum atomic E-state index is 0.418. The van der Waals surface area contributed by atoms with E-state index in [1.807, 2.05) is 38.1 Å². The third kappa shape index (κ3) is 2.39. The van der Waals surface area contributed by atoms with Crippen molar-refractivity contribution in [2.45, 2.75) is 13.8 Å². The van der Waals surface area contributed by atoms with E-state index in [4.69, 9.17) is 16.3 Å². The molecule has 2 aromatic rings. The Labute approximate surface area is 105 Å². The first kappa shape index (κ1) is 11.9. The van der Waals surface area contributed by atoms with Crippen LogP contribution < -0.4 is 4.74 Å². The number of methoxy groups -OCH3 is 1. The van der Waals surface area contributed by atoms with Crippen molar-refractivity contribution in [3.63, 3.8) is 0 Å². The number of hydrogen-bond acceptors (Lipinski definition) is 3. The molecule has 0 saturated heterocycles. The van der Waals surface area contributed by atoms with Gasteiger partial charge in [0.15, 0.2) is 5.15 Å². The highest BCUT2D eigenvalue weighted by molar-refractivity contribution is 6.31. The number of halogens is 1. The van der Waals surface area contributed by atoms with Crippen molar-refractivity contribution in [2.24, 2.45) is 0 Å². The van der Waals surface area contributed by atoms with Gasteiger partial charge in [-0.3, -0.25) is 0 Å². The summed E-state index contributed by atoms with van der Waals surface area (Å²) in [5, 5.41) is 0.418. The smallest absolute Gasteiger partial charge is 0.155 e. The van der Waals surface area contributed by atoms with Crippen molar-refractivity contribution in [1.29, 1.82) is 0 Å². The fraction of sp³-hybridized carbons (Fsp3) is 0.231. The average molecular weight is 249 g/mol. The zero-order valence-electron chi connectivity index (χ0n) is 9.99. The first-order valence-electron chi connectivity index (χ1n) is 5.27. The Kier molecular flexibility index (Phi) is 3.29. The monoisotopic (exact) mass is 248 g/mol. The molecule has 2 rings (SSSR count). The van der Waals surface area contributed by atoms with Gasteiger partial charge in [0.1, 0.15) is 11.4 Å². The molecule has 0 aliphatic rings. The molecule has 0 spiro atoms. The Morgan fingerprint density at radius 2 is 1.82 bits per heavy atom. The summed E-state index contributed by atoms with van der Waals surface area (Å²) in [5.74, 6) is 0.776. The molecule has 1 aromatic carbocycles. The Bertz CT molecular complexity index is 555. The summed E-state index contributed by atoms with van der Waals surface area (Å²) < 4.78 is 5.18. The highest BCUT2D eigenvalue weighted by Crippen LogP contribution is 2.27. The van der Waals surface area contributed by atoms with Crippen molar-refractivity contribution in [1.82, 2.24) is 9.97 Å². The molecule has 3 nitrogen and oxygen atoms in total.